The summed E-state index contributed by atoms with van der Waals surface area (Å²) >= 11 is 0. The van der Waals surface area contributed by atoms with Gasteiger partial charge in [-0.05, 0) is 69.8 Å². The summed E-state index contributed by atoms with van der Waals surface area (Å²) in [6.45, 7) is 4.49. The molecule has 0 spiro atoms. The molecule has 1 amide bonds. The standard InChI is InChI=1S/C20H30N2O2/c1-24-19-10-7-8-17(16-19)20(23)22-14-6-3-9-18(22)11-15-21-12-4-2-5-13-21/h7-8,10,16,18H,2-6,9,11-15H2,1H3/t18-/m0/s1. The average Bonchev–Trinajstić information content (AvgIpc) is 2.67. The van der Waals surface area contributed by atoms with E-state index in [2.05, 4.69) is 9.80 Å². The highest BCUT2D eigenvalue weighted by Gasteiger charge is 2.28. The van der Waals surface area contributed by atoms with E-state index in [0.717, 1.165) is 43.7 Å². The molecule has 1 aromatic carbocycles. The summed E-state index contributed by atoms with van der Waals surface area (Å²) < 4.78 is 5.27. The predicted octanol–water partition coefficient (Wildman–Crippen LogP) is 3.57. The van der Waals surface area contributed by atoms with Crippen molar-refractivity contribution in [3.05, 3.63) is 29.8 Å². The minimum absolute atomic E-state index is 0.164. The van der Waals surface area contributed by atoms with Crippen LogP contribution in [0.3, 0.4) is 0 Å². The second-order valence-corrected chi connectivity index (χ2v) is 7.07. The Labute approximate surface area is 145 Å². The number of carbonyl (C=O) groups is 1. The second kappa shape index (κ2) is 8.52. The summed E-state index contributed by atoms with van der Waals surface area (Å²) in [7, 11) is 1.64. The first-order chi connectivity index (χ1) is 11.8. The number of nitrogens with zero attached hydrogens (tertiary/aromatic N) is 2. The number of likely N-dealkylation sites (tertiary alicyclic amines) is 2. The lowest BCUT2D eigenvalue weighted by Crippen LogP contribution is -2.45. The molecule has 0 bridgehead atoms. The van der Waals surface area contributed by atoms with Gasteiger partial charge in [-0.1, -0.05) is 12.5 Å². The Morgan fingerprint density at radius 2 is 1.92 bits per heavy atom. The van der Waals surface area contributed by atoms with Gasteiger partial charge in [0.25, 0.3) is 5.91 Å². The van der Waals surface area contributed by atoms with E-state index < -0.39 is 0 Å². The third-order valence-electron chi connectivity index (χ3n) is 5.43. The Hall–Kier alpha value is -1.55. The largest absolute Gasteiger partial charge is 0.497 e. The van der Waals surface area contributed by atoms with Crippen molar-refractivity contribution < 1.29 is 9.53 Å². The van der Waals surface area contributed by atoms with E-state index in [4.69, 9.17) is 4.74 Å². The van der Waals surface area contributed by atoms with Crippen LogP contribution in [0.5, 0.6) is 5.75 Å². The maximum Gasteiger partial charge on any atom is 0.254 e. The zero-order chi connectivity index (χ0) is 16.8. The van der Waals surface area contributed by atoms with Gasteiger partial charge in [0, 0.05) is 24.7 Å². The number of methoxy groups -OCH3 is 1. The zero-order valence-electron chi connectivity index (χ0n) is 14.9. The summed E-state index contributed by atoms with van der Waals surface area (Å²) in [4.78, 5) is 17.7. The quantitative estimate of drug-likeness (QED) is 0.827. The smallest absolute Gasteiger partial charge is 0.254 e. The summed E-state index contributed by atoms with van der Waals surface area (Å²) in [6.07, 6.45) is 8.65. The molecule has 132 valence electrons. The minimum Gasteiger partial charge on any atom is -0.497 e. The first-order valence-corrected chi connectivity index (χ1v) is 9.45. The lowest BCUT2D eigenvalue weighted by atomic mass is 9.97. The molecule has 4 heteroatoms. The highest BCUT2D eigenvalue weighted by atomic mass is 16.5. The molecular weight excluding hydrogens is 300 g/mol. The van der Waals surface area contributed by atoms with Crippen LogP contribution in [0.1, 0.15) is 55.3 Å². The number of amides is 1. The third-order valence-corrected chi connectivity index (χ3v) is 5.43. The number of piperidine rings is 2. The Kier molecular flexibility index (Phi) is 6.13. The molecule has 2 aliphatic rings. The maximum atomic E-state index is 13.0. The third kappa shape index (κ3) is 4.29. The lowest BCUT2D eigenvalue weighted by Gasteiger charge is -2.37. The van der Waals surface area contributed by atoms with E-state index in [1.54, 1.807) is 7.11 Å². The van der Waals surface area contributed by atoms with Crippen LogP contribution >= 0.6 is 0 Å². The molecule has 0 N–H and O–H groups in total. The molecule has 2 fully saturated rings. The summed E-state index contributed by atoms with van der Waals surface area (Å²) in [5, 5.41) is 0. The van der Waals surface area contributed by atoms with Crippen LogP contribution in [-0.2, 0) is 0 Å². The van der Waals surface area contributed by atoms with Crippen LogP contribution in [0.4, 0.5) is 0 Å². The number of carbonyl (C=O) groups excluding carboxylic acids is 1. The van der Waals surface area contributed by atoms with Gasteiger partial charge in [0.2, 0.25) is 0 Å². The normalized spacial score (nSPS) is 22.4. The van der Waals surface area contributed by atoms with Gasteiger partial charge in [-0.25, -0.2) is 0 Å². The zero-order valence-corrected chi connectivity index (χ0v) is 14.9. The van der Waals surface area contributed by atoms with Gasteiger partial charge in [0.05, 0.1) is 7.11 Å². The molecule has 1 aromatic rings. The highest BCUT2D eigenvalue weighted by Crippen LogP contribution is 2.24. The van der Waals surface area contributed by atoms with E-state index in [9.17, 15) is 4.79 Å². The molecule has 2 saturated heterocycles. The fourth-order valence-electron chi connectivity index (χ4n) is 4.00. The van der Waals surface area contributed by atoms with Crippen molar-refractivity contribution in [1.82, 2.24) is 9.80 Å². The Balaban J connectivity index is 1.63. The van der Waals surface area contributed by atoms with E-state index in [1.807, 2.05) is 24.3 Å². The Morgan fingerprint density at radius 1 is 1.12 bits per heavy atom. The molecule has 0 saturated carbocycles. The SMILES string of the molecule is COc1cccc(C(=O)N2CCCC[C@H]2CCN2CCCCC2)c1. The molecule has 2 heterocycles. The van der Waals surface area contributed by atoms with Crippen LogP contribution < -0.4 is 4.74 Å². The molecule has 4 nitrogen and oxygen atoms in total. The van der Waals surface area contributed by atoms with Crippen molar-refractivity contribution in [2.45, 2.75) is 51.0 Å². The van der Waals surface area contributed by atoms with Crippen molar-refractivity contribution in [1.29, 1.82) is 0 Å². The number of rotatable bonds is 5. The number of hydrogen-bond acceptors (Lipinski definition) is 3. The van der Waals surface area contributed by atoms with Crippen molar-refractivity contribution in [3.8, 4) is 5.75 Å². The van der Waals surface area contributed by atoms with Gasteiger partial charge in [-0.15, -0.1) is 0 Å². The Bertz CT molecular complexity index is 540. The average molecular weight is 330 g/mol. The van der Waals surface area contributed by atoms with Crippen LogP contribution in [0.2, 0.25) is 0 Å². The van der Waals surface area contributed by atoms with E-state index in [0.29, 0.717) is 6.04 Å². The molecule has 0 radical (unpaired) electrons. The Morgan fingerprint density at radius 3 is 2.71 bits per heavy atom. The van der Waals surface area contributed by atoms with Gasteiger partial charge in [-0.2, -0.15) is 0 Å². The van der Waals surface area contributed by atoms with Crippen LogP contribution in [-0.4, -0.2) is 55.0 Å². The molecule has 0 unspecified atom stereocenters. The van der Waals surface area contributed by atoms with Gasteiger partial charge < -0.3 is 14.5 Å². The number of hydrogen-bond donors (Lipinski definition) is 0. The van der Waals surface area contributed by atoms with Crippen LogP contribution in [0.15, 0.2) is 24.3 Å². The fourth-order valence-corrected chi connectivity index (χ4v) is 4.00. The van der Waals surface area contributed by atoms with Crippen molar-refractivity contribution in [3.63, 3.8) is 0 Å². The van der Waals surface area contributed by atoms with E-state index in [-0.39, 0.29) is 5.91 Å². The molecule has 1 atom stereocenters. The van der Waals surface area contributed by atoms with E-state index >= 15 is 0 Å². The molecule has 0 aliphatic carbocycles. The summed E-state index contributed by atoms with van der Waals surface area (Å²) in [6, 6.07) is 7.94. The van der Waals surface area contributed by atoms with Crippen LogP contribution in [0.25, 0.3) is 0 Å². The van der Waals surface area contributed by atoms with Gasteiger partial charge >= 0.3 is 0 Å². The number of ether oxygens (including phenoxy) is 1. The van der Waals surface area contributed by atoms with Crippen LogP contribution in [0, 0.1) is 0 Å². The molecule has 24 heavy (non-hydrogen) atoms. The fraction of sp³-hybridized carbons (Fsp3) is 0.650. The highest BCUT2D eigenvalue weighted by molar-refractivity contribution is 5.94. The second-order valence-electron chi connectivity index (χ2n) is 7.07. The summed E-state index contributed by atoms with van der Waals surface area (Å²) in [5.74, 6) is 0.917. The molecule has 0 aromatic heterocycles. The topological polar surface area (TPSA) is 32.8 Å². The van der Waals surface area contributed by atoms with Crippen molar-refractivity contribution in [2.75, 3.05) is 33.3 Å². The van der Waals surface area contributed by atoms with Gasteiger partial charge in [0.15, 0.2) is 0 Å². The first-order valence-electron chi connectivity index (χ1n) is 9.45. The molecular formula is C20H30N2O2. The van der Waals surface area contributed by atoms with Crippen molar-refractivity contribution in [2.24, 2.45) is 0 Å². The minimum atomic E-state index is 0.164. The predicted molar refractivity (Wildman–Crippen MR) is 96.6 cm³/mol. The molecule has 3 rings (SSSR count). The van der Waals surface area contributed by atoms with E-state index in [1.165, 1.54) is 38.8 Å². The molecule has 2 aliphatic heterocycles. The first kappa shape index (κ1) is 17.3. The summed E-state index contributed by atoms with van der Waals surface area (Å²) in [5.41, 5.74) is 0.749. The lowest BCUT2D eigenvalue weighted by molar-refractivity contribution is 0.0579. The number of benzene rings is 1. The van der Waals surface area contributed by atoms with Gasteiger partial charge in [0.1, 0.15) is 5.75 Å². The van der Waals surface area contributed by atoms with Crippen molar-refractivity contribution >= 4 is 5.91 Å². The van der Waals surface area contributed by atoms with Gasteiger partial charge in [-0.3, -0.25) is 4.79 Å². The monoisotopic (exact) mass is 330 g/mol. The maximum absolute atomic E-state index is 13.0.